The van der Waals surface area contributed by atoms with E-state index in [4.69, 9.17) is 9.47 Å². The molecule has 0 saturated heterocycles. The van der Waals surface area contributed by atoms with E-state index < -0.39 is 0 Å². The summed E-state index contributed by atoms with van der Waals surface area (Å²) in [6, 6.07) is 14.0. The van der Waals surface area contributed by atoms with Gasteiger partial charge in [0.25, 0.3) is 0 Å². The van der Waals surface area contributed by atoms with Gasteiger partial charge in [-0.15, -0.1) is 5.10 Å². The van der Waals surface area contributed by atoms with E-state index in [2.05, 4.69) is 49.7 Å². The van der Waals surface area contributed by atoms with Crippen LogP contribution in [0.2, 0.25) is 0 Å². The smallest absolute Gasteiger partial charge is 0.247 e. The Hall–Kier alpha value is -3.35. The van der Waals surface area contributed by atoms with E-state index in [0.717, 1.165) is 30.9 Å². The monoisotopic (exact) mass is 363 g/mol. The van der Waals surface area contributed by atoms with Gasteiger partial charge in [0.1, 0.15) is 11.5 Å². The van der Waals surface area contributed by atoms with Crippen LogP contribution in [0.25, 0.3) is 0 Å². The summed E-state index contributed by atoms with van der Waals surface area (Å²) in [5.74, 6) is 2.64. The van der Waals surface area contributed by atoms with E-state index >= 15 is 0 Å². The quantitative estimate of drug-likeness (QED) is 0.746. The van der Waals surface area contributed by atoms with Crippen molar-refractivity contribution in [2.75, 3.05) is 31.0 Å². The van der Waals surface area contributed by atoms with E-state index in [0.29, 0.717) is 17.5 Å². The molecule has 1 aliphatic heterocycles. The van der Waals surface area contributed by atoms with Gasteiger partial charge >= 0.3 is 0 Å². The minimum Gasteiger partial charge on any atom is -0.497 e. The van der Waals surface area contributed by atoms with Crippen molar-refractivity contribution in [3.8, 4) is 11.5 Å². The topological polar surface area (TPSA) is 72.4 Å². The number of anilines is 3. The third-order valence-electron chi connectivity index (χ3n) is 4.63. The molecular formula is C20H21N5O2. The molecule has 0 fully saturated rings. The molecule has 7 heteroatoms. The van der Waals surface area contributed by atoms with Crippen LogP contribution in [-0.4, -0.2) is 35.9 Å². The van der Waals surface area contributed by atoms with Crippen LogP contribution in [-0.2, 0) is 13.0 Å². The largest absolute Gasteiger partial charge is 0.497 e. The lowest BCUT2D eigenvalue weighted by Gasteiger charge is -2.28. The Bertz CT molecular complexity index is 947. The van der Waals surface area contributed by atoms with Crippen LogP contribution in [0.4, 0.5) is 17.5 Å². The maximum absolute atomic E-state index is 5.41. The van der Waals surface area contributed by atoms with Crippen molar-refractivity contribution in [1.82, 2.24) is 15.2 Å². The van der Waals surface area contributed by atoms with Gasteiger partial charge in [0, 0.05) is 19.2 Å². The molecule has 2 aromatic carbocycles. The molecule has 0 atom stereocenters. The molecule has 1 aliphatic rings. The number of hydrogen-bond donors (Lipinski definition) is 1. The highest BCUT2D eigenvalue weighted by Gasteiger charge is 2.19. The molecule has 0 radical (unpaired) electrons. The van der Waals surface area contributed by atoms with Crippen molar-refractivity contribution in [3.05, 3.63) is 59.8 Å². The van der Waals surface area contributed by atoms with Crippen LogP contribution in [0, 0.1) is 0 Å². The van der Waals surface area contributed by atoms with E-state index in [9.17, 15) is 0 Å². The standard InChI is InChI=1S/C20H21N5O2/c1-26-16-7-8-18(27-2)17(11-16)22-19-12-21-24-20(23-19)25-10-9-14-5-3-4-6-15(14)13-25/h3-8,11-12H,9-10,13H2,1-2H3,(H,22,23,24). The van der Waals surface area contributed by atoms with Crippen molar-refractivity contribution in [3.63, 3.8) is 0 Å². The molecule has 1 N–H and O–H groups in total. The lowest BCUT2D eigenvalue weighted by Crippen LogP contribution is -2.32. The van der Waals surface area contributed by atoms with Gasteiger partial charge in [-0.05, 0) is 29.7 Å². The fraction of sp³-hybridized carbons (Fsp3) is 0.250. The van der Waals surface area contributed by atoms with Gasteiger partial charge in [-0.1, -0.05) is 24.3 Å². The molecule has 138 valence electrons. The van der Waals surface area contributed by atoms with Crippen LogP contribution in [0.1, 0.15) is 11.1 Å². The number of nitrogens with one attached hydrogen (secondary N) is 1. The fourth-order valence-corrected chi connectivity index (χ4v) is 3.20. The lowest BCUT2D eigenvalue weighted by atomic mass is 10.0. The van der Waals surface area contributed by atoms with Crippen molar-refractivity contribution >= 4 is 17.5 Å². The van der Waals surface area contributed by atoms with Gasteiger partial charge in [0.15, 0.2) is 5.82 Å². The SMILES string of the molecule is COc1ccc(OC)c(Nc2cnnc(N3CCc4ccccc4C3)n2)c1. The van der Waals surface area contributed by atoms with Crippen LogP contribution in [0.5, 0.6) is 11.5 Å². The molecule has 0 saturated carbocycles. The van der Waals surface area contributed by atoms with Crippen molar-refractivity contribution in [1.29, 1.82) is 0 Å². The van der Waals surface area contributed by atoms with Crippen LogP contribution in [0.15, 0.2) is 48.7 Å². The molecule has 3 aromatic rings. The molecule has 0 amide bonds. The summed E-state index contributed by atoms with van der Waals surface area (Å²) >= 11 is 0. The number of nitrogens with zero attached hydrogens (tertiary/aromatic N) is 4. The molecule has 27 heavy (non-hydrogen) atoms. The Kier molecular flexibility index (Phi) is 4.74. The van der Waals surface area contributed by atoms with E-state index in [1.807, 2.05) is 18.2 Å². The molecule has 1 aromatic heterocycles. The number of methoxy groups -OCH3 is 2. The Labute approximate surface area is 158 Å². The first-order valence-electron chi connectivity index (χ1n) is 8.77. The number of fused-ring (bicyclic) bond motifs is 1. The Morgan fingerprint density at radius 3 is 2.70 bits per heavy atom. The minimum atomic E-state index is 0.602. The highest BCUT2D eigenvalue weighted by molar-refractivity contribution is 5.66. The summed E-state index contributed by atoms with van der Waals surface area (Å²) in [6.07, 6.45) is 2.57. The highest BCUT2D eigenvalue weighted by Crippen LogP contribution is 2.31. The second-order valence-electron chi connectivity index (χ2n) is 6.27. The first-order chi connectivity index (χ1) is 13.3. The molecule has 4 rings (SSSR count). The van der Waals surface area contributed by atoms with E-state index in [-0.39, 0.29) is 0 Å². The van der Waals surface area contributed by atoms with E-state index in [1.54, 1.807) is 20.4 Å². The predicted molar refractivity (Wildman–Crippen MR) is 104 cm³/mol. The van der Waals surface area contributed by atoms with Gasteiger partial charge in [0.2, 0.25) is 5.95 Å². The predicted octanol–water partition coefficient (Wildman–Crippen LogP) is 3.20. The average Bonchev–Trinajstić information content (AvgIpc) is 2.73. The third-order valence-corrected chi connectivity index (χ3v) is 4.63. The number of ether oxygens (including phenoxy) is 2. The third kappa shape index (κ3) is 3.62. The van der Waals surface area contributed by atoms with Gasteiger partial charge in [0.05, 0.1) is 26.1 Å². The molecule has 2 heterocycles. The minimum absolute atomic E-state index is 0.602. The molecular weight excluding hydrogens is 342 g/mol. The van der Waals surface area contributed by atoms with Crippen molar-refractivity contribution in [2.24, 2.45) is 0 Å². The average molecular weight is 363 g/mol. The Morgan fingerprint density at radius 2 is 1.89 bits per heavy atom. The second-order valence-corrected chi connectivity index (χ2v) is 6.27. The first kappa shape index (κ1) is 17.1. The summed E-state index contributed by atoms with van der Waals surface area (Å²) in [5, 5.41) is 11.6. The van der Waals surface area contributed by atoms with Crippen LogP contribution < -0.4 is 19.7 Å². The molecule has 0 spiro atoms. The number of hydrogen-bond acceptors (Lipinski definition) is 7. The molecule has 0 aliphatic carbocycles. The summed E-state index contributed by atoms with van der Waals surface area (Å²) < 4.78 is 10.7. The number of aromatic nitrogens is 3. The second kappa shape index (κ2) is 7.49. The molecule has 0 bridgehead atoms. The lowest BCUT2D eigenvalue weighted by molar-refractivity contribution is 0.405. The maximum atomic E-state index is 5.41. The highest BCUT2D eigenvalue weighted by atomic mass is 16.5. The zero-order chi connectivity index (χ0) is 18.6. The molecule has 0 unspecified atom stereocenters. The maximum Gasteiger partial charge on any atom is 0.247 e. The first-order valence-corrected chi connectivity index (χ1v) is 8.77. The Balaban J connectivity index is 1.57. The summed E-state index contributed by atoms with van der Waals surface area (Å²) in [7, 11) is 3.26. The van der Waals surface area contributed by atoms with Gasteiger partial charge < -0.3 is 19.7 Å². The van der Waals surface area contributed by atoms with Gasteiger partial charge in [-0.2, -0.15) is 10.1 Å². The Morgan fingerprint density at radius 1 is 1.04 bits per heavy atom. The zero-order valence-corrected chi connectivity index (χ0v) is 15.3. The molecule has 7 nitrogen and oxygen atoms in total. The zero-order valence-electron chi connectivity index (χ0n) is 15.3. The van der Waals surface area contributed by atoms with E-state index in [1.165, 1.54) is 11.1 Å². The number of rotatable bonds is 5. The fourth-order valence-electron chi connectivity index (χ4n) is 3.20. The van der Waals surface area contributed by atoms with Crippen LogP contribution in [0.3, 0.4) is 0 Å². The van der Waals surface area contributed by atoms with Crippen LogP contribution >= 0.6 is 0 Å². The van der Waals surface area contributed by atoms with Gasteiger partial charge in [-0.3, -0.25) is 0 Å². The summed E-state index contributed by atoms with van der Waals surface area (Å²) in [6.45, 7) is 1.65. The summed E-state index contributed by atoms with van der Waals surface area (Å²) in [5.41, 5.74) is 3.45. The van der Waals surface area contributed by atoms with Gasteiger partial charge in [-0.25, -0.2) is 0 Å². The summed E-state index contributed by atoms with van der Waals surface area (Å²) in [4.78, 5) is 6.78. The normalized spacial score (nSPS) is 13.0. The van der Waals surface area contributed by atoms with Crippen molar-refractivity contribution in [2.45, 2.75) is 13.0 Å². The number of benzene rings is 2. The van der Waals surface area contributed by atoms with Crippen molar-refractivity contribution < 1.29 is 9.47 Å².